The first-order valence-electron chi connectivity index (χ1n) is 6.13. The van der Waals surface area contributed by atoms with Crippen LogP contribution >= 0.6 is 0 Å². The van der Waals surface area contributed by atoms with Gasteiger partial charge in [0.05, 0.1) is 7.11 Å². The summed E-state index contributed by atoms with van der Waals surface area (Å²) in [6.07, 6.45) is 0. The number of ether oxygens (including phenoxy) is 1. The quantitative estimate of drug-likeness (QED) is 0.915. The fraction of sp³-hybridized carbons (Fsp3) is 0.267. The number of hydrogen-bond acceptors (Lipinski definition) is 2. The Kier molecular flexibility index (Phi) is 3.60. The van der Waals surface area contributed by atoms with E-state index in [9.17, 15) is 9.90 Å². The Morgan fingerprint density at radius 3 is 2.26 bits per heavy atom. The highest BCUT2D eigenvalue weighted by Gasteiger charge is 2.17. The van der Waals surface area contributed by atoms with E-state index in [4.69, 9.17) is 4.74 Å². The lowest BCUT2D eigenvalue weighted by atomic mass is 10.1. The molecular weight excluding hydrogens is 242 g/mol. The van der Waals surface area contributed by atoms with Gasteiger partial charge in [0.25, 0.3) is 0 Å². The van der Waals surface area contributed by atoms with Gasteiger partial charge in [-0.2, -0.15) is 0 Å². The molecule has 4 nitrogen and oxygen atoms in total. The maximum Gasteiger partial charge on any atom is 0.352 e. The summed E-state index contributed by atoms with van der Waals surface area (Å²) in [5.74, 6) is -0.127. The summed E-state index contributed by atoms with van der Waals surface area (Å²) in [7, 11) is 1.62. The van der Waals surface area contributed by atoms with Gasteiger partial charge in [-0.1, -0.05) is 0 Å². The number of carboxylic acid groups (broad SMARTS) is 1. The van der Waals surface area contributed by atoms with E-state index in [1.807, 2.05) is 48.7 Å². The molecule has 0 saturated heterocycles. The zero-order valence-corrected chi connectivity index (χ0v) is 11.3. The molecule has 0 saturated carbocycles. The van der Waals surface area contributed by atoms with Crippen molar-refractivity contribution in [2.24, 2.45) is 0 Å². The zero-order chi connectivity index (χ0) is 14.0. The topological polar surface area (TPSA) is 51.5 Å². The summed E-state index contributed by atoms with van der Waals surface area (Å²) < 4.78 is 6.95. The van der Waals surface area contributed by atoms with Gasteiger partial charge in [-0.05, 0) is 55.8 Å². The largest absolute Gasteiger partial charge is 0.497 e. The van der Waals surface area contributed by atoms with Crippen LogP contribution < -0.4 is 4.74 Å². The van der Waals surface area contributed by atoms with Crippen molar-refractivity contribution in [2.45, 2.75) is 19.9 Å². The molecule has 0 unspecified atom stereocenters. The van der Waals surface area contributed by atoms with Gasteiger partial charge in [0.1, 0.15) is 11.4 Å². The van der Waals surface area contributed by atoms with Crippen molar-refractivity contribution in [3.05, 3.63) is 42.1 Å². The third kappa shape index (κ3) is 2.47. The summed E-state index contributed by atoms with van der Waals surface area (Å²) >= 11 is 0. The Labute approximate surface area is 112 Å². The van der Waals surface area contributed by atoms with E-state index in [1.165, 1.54) is 0 Å². The van der Waals surface area contributed by atoms with Crippen LogP contribution in [0.4, 0.5) is 0 Å². The first-order valence-corrected chi connectivity index (χ1v) is 6.13. The van der Waals surface area contributed by atoms with Crippen LogP contribution in [-0.2, 0) is 0 Å². The van der Waals surface area contributed by atoms with E-state index in [0.29, 0.717) is 5.69 Å². The average Bonchev–Trinajstić information content (AvgIpc) is 2.83. The van der Waals surface area contributed by atoms with Gasteiger partial charge in [-0.3, -0.25) is 0 Å². The van der Waals surface area contributed by atoms with E-state index in [-0.39, 0.29) is 6.04 Å². The van der Waals surface area contributed by atoms with Gasteiger partial charge in [-0.25, -0.2) is 4.79 Å². The second-order valence-corrected chi connectivity index (χ2v) is 4.60. The third-order valence-corrected chi connectivity index (χ3v) is 3.04. The van der Waals surface area contributed by atoms with Crippen LogP contribution in [0.25, 0.3) is 11.3 Å². The lowest BCUT2D eigenvalue weighted by molar-refractivity contribution is 0.0683. The summed E-state index contributed by atoms with van der Waals surface area (Å²) in [4.78, 5) is 11.2. The average molecular weight is 259 g/mol. The predicted octanol–water partition coefficient (Wildman–Crippen LogP) is 3.44. The van der Waals surface area contributed by atoms with Crippen LogP contribution in [0.1, 0.15) is 30.4 Å². The Balaban J connectivity index is 2.52. The highest BCUT2D eigenvalue weighted by atomic mass is 16.5. The normalized spacial score (nSPS) is 10.7. The van der Waals surface area contributed by atoms with Crippen molar-refractivity contribution in [1.82, 2.24) is 4.57 Å². The molecule has 2 aromatic rings. The molecule has 0 aliphatic heterocycles. The van der Waals surface area contributed by atoms with Crippen molar-refractivity contribution in [2.75, 3.05) is 7.11 Å². The fourth-order valence-electron chi connectivity index (χ4n) is 2.18. The molecular formula is C15H17NO3. The van der Waals surface area contributed by atoms with Crippen LogP contribution in [0.15, 0.2) is 36.4 Å². The SMILES string of the molecule is COc1ccc(-c2ccc(C(=O)O)n2C(C)C)cc1. The highest BCUT2D eigenvalue weighted by molar-refractivity contribution is 5.87. The maximum atomic E-state index is 11.2. The molecule has 100 valence electrons. The minimum absolute atomic E-state index is 0.0817. The van der Waals surface area contributed by atoms with E-state index in [1.54, 1.807) is 13.2 Å². The van der Waals surface area contributed by atoms with Gasteiger partial charge in [-0.15, -0.1) is 0 Å². The molecule has 0 radical (unpaired) electrons. The molecule has 0 amide bonds. The number of benzene rings is 1. The Hall–Kier alpha value is -2.23. The predicted molar refractivity (Wildman–Crippen MR) is 73.8 cm³/mol. The number of aromatic carboxylic acids is 1. The highest BCUT2D eigenvalue weighted by Crippen LogP contribution is 2.27. The smallest absolute Gasteiger partial charge is 0.352 e. The number of nitrogens with zero attached hydrogens (tertiary/aromatic N) is 1. The van der Waals surface area contributed by atoms with Crippen molar-refractivity contribution in [3.8, 4) is 17.0 Å². The minimum Gasteiger partial charge on any atom is -0.497 e. The molecule has 0 spiro atoms. The second kappa shape index (κ2) is 5.18. The number of methoxy groups -OCH3 is 1. The van der Waals surface area contributed by atoms with Crippen LogP contribution in [0, 0.1) is 0 Å². The van der Waals surface area contributed by atoms with Crippen LogP contribution in [0.5, 0.6) is 5.75 Å². The van der Waals surface area contributed by atoms with Gasteiger partial charge in [0, 0.05) is 11.7 Å². The van der Waals surface area contributed by atoms with Gasteiger partial charge >= 0.3 is 5.97 Å². The maximum absolute atomic E-state index is 11.2. The number of carboxylic acids is 1. The number of hydrogen-bond donors (Lipinski definition) is 1. The monoisotopic (exact) mass is 259 g/mol. The van der Waals surface area contributed by atoms with Crippen LogP contribution in [0.3, 0.4) is 0 Å². The Morgan fingerprint density at radius 2 is 1.79 bits per heavy atom. The van der Waals surface area contributed by atoms with Gasteiger partial charge in [0.2, 0.25) is 0 Å². The fourth-order valence-corrected chi connectivity index (χ4v) is 2.18. The van der Waals surface area contributed by atoms with E-state index in [0.717, 1.165) is 17.0 Å². The first kappa shape index (κ1) is 13.2. The van der Waals surface area contributed by atoms with Crippen molar-refractivity contribution < 1.29 is 14.6 Å². The first-order chi connectivity index (χ1) is 9.04. The molecule has 1 N–H and O–H groups in total. The summed E-state index contributed by atoms with van der Waals surface area (Å²) in [5.41, 5.74) is 2.18. The van der Waals surface area contributed by atoms with Gasteiger partial charge in [0.15, 0.2) is 0 Å². The minimum atomic E-state index is -0.909. The summed E-state index contributed by atoms with van der Waals surface area (Å²) in [5, 5.41) is 9.22. The molecule has 0 aliphatic carbocycles. The van der Waals surface area contributed by atoms with E-state index >= 15 is 0 Å². The number of rotatable bonds is 4. The molecule has 2 rings (SSSR count). The molecule has 1 aromatic heterocycles. The molecule has 19 heavy (non-hydrogen) atoms. The number of carbonyl (C=O) groups is 1. The van der Waals surface area contributed by atoms with Crippen LogP contribution in [0.2, 0.25) is 0 Å². The molecule has 0 fully saturated rings. The Bertz CT molecular complexity index is 582. The molecule has 0 atom stereocenters. The van der Waals surface area contributed by atoms with Gasteiger partial charge < -0.3 is 14.4 Å². The van der Waals surface area contributed by atoms with E-state index in [2.05, 4.69) is 0 Å². The third-order valence-electron chi connectivity index (χ3n) is 3.04. The Morgan fingerprint density at radius 1 is 1.16 bits per heavy atom. The van der Waals surface area contributed by atoms with E-state index < -0.39 is 5.97 Å². The van der Waals surface area contributed by atoms with Crippen molar-refractivity contribution in [1.29, 1.82) is 0 Å². The zero-order valence-electron chi connectivity index (χ0n) is 11.3. The number of aromatic nitrogens is 1. The van der Waals surface area contributed by atoms with Crippen molar-refractivity contribution in [3.63, 3.8) is 0 Å². The second-order valence-electron chi connectivity index (χ2n) is 4.60. The molecule has 1 heterocycles. The van der Waals surface area contributed by atoms with Crippen LogP contribution in [-0.4, -0.2) is 22.8 Å². The molecule has 0 bridgehead atoms. The molecule has 4 heteroatoms. The lowest BCUT2D eigenvalue weighted by Gasteiger charge is -2.15. The standard InChI is InChI=1S/C15H17NO3/c1-10(2)16-13(8-9-14(16)15(17)18)11-4-6-12(19-3)7-5-11/h4-10H,1-3H3,(H,17,18). The molecule has 1 aromatic carbocycles. The van der Waals surface area contributed by atoms with Crippen molar-refractivity contribution >= 4 is 5.97 Å². The molecule has 0 aliphatic rings. The lowest BCUT2D eigenvalue weighted by Crippen LogP contribution is -2.11. The summed E-state index contributed by atoms with van der Waals surface area (Å²) in [6, 6.07) is 11.2. The summed E-state index contributed by atoms with van der Waals surface area (Å²) in [6.45, 7) is 3.94.